The first-order chi connectivity index (χ1) is 7.40. The zero-order chi connectivity index (χ0) is 10.5. The summed E-state index contributed by atoms with van der Waals surface area (Å²) in [6, 6.07) is 4.10. The van der Waals surface area contributed by atoms with Gasteiger partial charge in [0.25, 0.3) is 0 Å². The molecule has 0 atom stereocenters. The highest BCUT2D eigenvalue weighted by Gasteiger charge is 2.03. The number of fused-ring (bicyclic) bond motifs is 1. The van der Waals surface area contributed by atoms with Crippen molar-refractivity contribution in [3.63, 3.8) is 0 Å². The first-order valence-electron chi connectivity index (χ1n) is 5.96. The Labute approximate surface area is 90.7 Å². The first-order valence-corrected chi connectivity index (χ1v) is 5.96. The number of hydrogen-bond donors (Lipinski definition) is 1. The number of H-pyrrole nitrogens is 1. The van der Waals surface area contributed by atoms with Crippen molar-refractivity contribution >= 4 is 11.1 Å². The highest BCUT2D eigenvalue weighted by atomic mass is 16.3. The number of hydrogen-bond acceptors (Lipinski definition) is 1. The second-order valence-corrected chi connectivity index (χ2v) is 4.13. The molecule has 0 bridgehead atoms. The Hall–Kier alpha value is -1.18. The molecule has 0 spiro atoms. The van der Waals surface area contributed by atoms with Crippen LogP contribution >= 0.6 is 0 Å². The maximum absolute atomic E-state index is 5.68. The van der Waals surface area contributed by atoms with Crippen molar-refractivity contribution in [2.45, 2.75) is 45.4 Å². The van der Waals surface area contributed by atoms with Crippen molar-refractivity contribution < 1.29 is 4.42 Å². The van der Waals surface area contributed by atoms with Crippen molar-refractivity contribution in [1.82, 2.24) is 4.98 Å². The predicted octanol–water partition coefficient (Wildman–Crippen LogP) is 4.27. The van der Waals surface area contributed by atoms with Crippen LogP contribution in [0.4, 0.5) is 0 Å². The Morgan fingerprint density at radius 1 is 1.20 bits per heavy atom. The summed E-state index contributed by atoms with van der Waals surface area (Å²) in [5, 5.41) is 0. The third-order valence-corrected chi connectivity index (χ3v) is 2.81. The summed E-state index contributed by atoms with van der Waals surface area (Å²) in [5.41, 5.74) is 2.11. The van der Waals surface area contributed by atoms with Gasteiger partial charge >= 0.3 is 0 Å². The Balaban J connectivity index is 1.77. The highest BCUT2D eigenvalue weighted by molar-refractivity contribution is 5.73. The topological polar surface area (TPSA) is 28.9 Å². The summed E-state index contributed by atoms with van der Waals surface area (Å²) in [6.45, 7) is 2.25. The molecule has 0 saturated heterocycles. The molecule has 2 aromatic heterocycles. The zero-order valence-corrected chi connectivity index (χ0v) is 9.38. The fourth-order valence-electron chi connectivity index (χ4n) is 1.93. The molecule has 2 aromatic rings. The van der Waals surface area contributed by atoms with E-state index in [0.29, 0.717) is 0 Å². The monoisotopic (exact) mass is 205 g/mol. The van der Waals surface area contributed by atoms with Crippen LogP contribution in [0.3, 0.4) is 0 Å². The molecule has 0 aromatic carbocycles. The van der Waals surface area contributed by atoms with Crippen LogP contribution in [0.15, 0.2) is 22.7 Å². The van der Waals surface area contributed by atoms with E-state index in [1.807, 2.05) is 12.3 Å². The van der Waals surface area contributed by atoms with Gasteiger partial charge < -0.3 is 9.40 Å². The SMILES string of the molecule is CCCCCCCc1cc2[nH]ccc2o1. The molecule has 2 rings (SSSR count). The molecule has 0 aliphatic carbocycles. The summed E-state index contributed by atoms with van der Waals surface area (Å²) < 4.78 is 5.68. The van der Waals surface area contributed by atoms with Gasteiger partial charge in [0, 0.05) is 18.7 Å². The lowest BCUT2D eigenvalue weighted by molar-refractivity contribution is 0.524. The number of nitrogens with one attached hydrogen (secondary N) is 1. The van der Waals surface area contributed by atoms with Crippen molar-refractivity contribution in [1.29, 1.82) is 0 Å². The van der Waals surface area contributed by atoms with Gasteiger partial charge in [-0.15, -0.1) is 0 Å². The lowest BCUT2D eigenvalue weighted by atomic mass is 10.1. The minimum Gasteiger partial charge on any atom is -0.459 e. The summed E-state index contributed by atoms with van der Waals surface area (Å²) in [6.07, 6.45) is 9.59. The van der Waals surface area contributed by atoms with Crippen molar-refractivity contribution in [2.24, 2.45) is 0 Å². The molecule has 0 saturated carbocycles. The quantitative estimate of drug-likeness (QED) is 0.701. The number of aryl methyl sites for hydroxylation is 1. The van der Waals surface area contributed by atoms with Crippen LogP contribution in [0, 0.1) is 0 Å². The van der Waals surface area contributed by atoms with Gasteiger partial charge in [-0.25, -0.2) is 0 Å². The third-order valence-electron chi connectivity index (χ3n) is 2.81. The Morgan fingerprint density at radius 2 is 2.07 bits per heavy atom. The van der Waals surface area contributed by atoms with E-state index in [4.69, 9.17) is 4.42 Å². The van der Waals surface area contributed by atoms with E-state index in [9.17, 15) is 0 Å². The number of unbranched alkanes of at least 4 members (excludes halogenated alkanes) is 4. The molecule has 0 radical (unpaired) electrons. The number of furan rings is 1. The van der Waals surface area contributed by atoms with E-state index in [1.165, 1.54) is 32.1 Å². The Bertz CT molecular complexity index is 371. The van der Waals surface area contributed by atoms with Crippen LogP contribution in [0.25, 0.3) is 11.1 Å². The van der Waals surface area contributed by atoms with Crippen molar-refractivity contribution in [3.05, 3.63) is 24.1 Å². The summed E-state index contributed by atoms with van der Waals surface area (Å²) in [7, 11) is 0. The fraction of sp³-hybridized carbons (Fsp3) is 0.538. The van der Waals surface area contributed by atoms with E-state index in [1.54, 1.807) is 0 Å². The molecule has 2 heterocycles. The van der Waals surface area contributed by atoms with Gasteiger partial charge in [-0.2, -0.15) is 0 Å². The van der Waals surface area contributed by atoms with Crippen LogP contribution in [0.2, 0.25) is 0 Å². The third kappa shape index (κ3) is 2.65. The molecule has 2 nitrogen and oxygen atoms in total. The average molecular weight is 205 g/mol. The minimum atomic E-state index is 0.985. The molecule has 0 fully saturated rings. The number of aromatic nitrogens is 1. The maximum atomic E-state index is 5.68. The van der Waals surface area contributed by atoms with Gasteiger partial charge in [-0.3, -0.25) is 0 Å². The summed E-state index contributed by atoms with van der Waals surface area (Å²) in [5.74, 6) is 1.12. The van der Waals surface area contributed by atoms with Crippen LogP contribution in [0.5, 0.6) is 0 Å². The molecule has 0 aliphatic heterocycles. The van der Waals surface area contributed by atoms with Crippen LogP contribution in [-0.4, -0.2) is 4.98 Å². The van der Waals surface area contributed by atoms with Gasteiger partial charge in [-0.05, 0) is 12.5 Å². The smallest absolute Gasteiger partial charge is 0.151 e. The van der Waals surface area contributed by atoms with Crippen molar-refractivity contribution in [2.75, 3.05) is 0 Å². The normalized spacial score (nSPS) is 11.3. The Morgan fingerprint density at radius 3 is 2.87 bits per heavy atom. The summed E-state index contributed by atoms with van der Waals surface area (Å²) in [4.78, 5) is 3.16. The van der Waals surface area contributed by atoms with Crippen LogP contribution in [0.1, 0.15) is 44.8 Å². The molecule has 2 heteroatoms. The van der Waals surface area contributed by atoms with Gasteiger partial charge in [0.15, 0.2) is 5.58 Å². The van der Waals surface area contributed by atoms with Gasteiger partial charge in [0.1, 0.15) is 5.76 Å². The second-order valence-electron chi connectivity index (χ2n) is 4.13. The number of aromatic amines is 1. The van der Waals surface area contributed by atoms with E-state index in [2.05, 4.69) is 18.0 Å². The molecule has 1 N–H and O–H groups in total. The molecular formula is C13H19NO. The van der Waals surface area contributed by atoms with E-state index >= 15 is 0 Å². The molecule has 82 valence electrons. The van der Waals surface area contributed by atoms with Gasteiger partial charge in [0.2, 0.25) is 0 Å². The second kappa shape index (κ2) is 5.06. The highest BCUT2D eigenvalue weighted by Crippen LogP contribution is 2.19. The molecule has 0 unspecified atom stereocenters. The molecule has 0 aliphatic rings. The fourth-order valence-corrected chi connectivity index (χ4v) is 1.93. The number of rotatable bonds is 6. The minimum absolute atomic E-state index is 0.985. The first kappa shape index (κ1) is 10.3. The molecular weight excluding hydrogens is 186 g/mol. The Kier molecular flexibility index (Phi) is 3.49. The average Bonchev–Trinajstić information content (AvgIpc) is 2.77. The van der Waals surface area contributed by atoms with Gasteiger partial charge in [0.05, 0.1) is 5.52 Å². The molecule has 15 heavy (non-hydrogen) atoms. The van der Waals surface area contributed by atoms with E-state index in [0.717, 1.165) is 23.3 Å². The van der Waals surface area contributed by atoms with E-state index < -0.39 is 0 Å². The predicted molar refractivity (Wildman–Crippen MR) is 63.0 cm³/mol. The van der Waals surface area contributed by atoms with Crippen LogP contribution < -0.4 is 0 Å². The zero-order valence-electron chi connectivity index (χ0n) is 9.38. The lowest BCUT2D eigenvalue weighted by Gasteiger charge is -1.97. The standard InChI is InChI=1S/C13H19NO/c1-2-3-4-5-6-7-11-10-12-13(15-11)8-9-14-12/h8-10,14H,2-7H2,1H3. The lowest BCUT2D eigenvalue weighted by Crippen LogP contribution is -1.82. The largest absolute Gasteiger partial charge is 0.459 e. The van der Waals surface area contributed by atoms with Crippen molar-refractivity contribution in [3.8, 4) is 0 Å². The molecule has 0 amide bonds. The van der Waals surface area contributed by atoms with E-state index in [-0.39, 0.29) is 0 Å². The van der Waals surface area contributed by atoms with Crippen LogP contribution in [-0.2, 0) is 6.42 Å². The maximum Gasteiger partial charge on any atom is 0.151 e. The van der Waals surface area contributed by atoms with Gasteiger partial charge in [-0.1, -0.05) is 32.6 Å². The summed E-state index contributed by atoms with van der Waals surface area (Å²) >= 11 is 0.